The van der Waals surface area contributed by atoms with Gasteiger partial charge in [-0.2, -0.15) is 5.26 Å². The standard InChI is InChI=1S/C12H15N3O/c13-7-10-4-5-11(8-14-10)15-9-12-3-1-2-6-16-12/h4-5,8,12,15H,1-3,6,9H2. The number of rotatable bonds is 3. The van der Waals surface area contributed by atoms with Crippen LogP contribution in [0.4, 0.5) is 5.69 Å². The van der Waals surface area contributed by atoms with Gasteiger partial charge >= 0.3 is 0 Å². The zero-order chi connectivity index (χ0) is 11.2. The molecule has 0 bridgehead atoms. The lowest BCUT2D eigenvalue weighted by Crippen LogP contribution is -2.26. The van der Waals surface area contributed by atoms with E-state index in [1.165, 1.54) is 12.8 Å². The first-order chi connectivity index (χ1) is 7.88. The maximum absolute atomic E-state index is 8.61. The normalized spacial score (nSPS) is 20.1. The molecule has 1 aliphatic heterocycles. The third-order valence-electron chi connectivity index (χ3n) is 2.69. The SMILES string of the molecule is N#Cc1ccc(NCC2CCCCO2)cn1. The zero-order valence-electron chi connectivity index (χ0n) is 9.15. The Balaban J connectivity index is 1.82. The van der Waals surface area contributed by atoms with E-state index in [2.05, 4.69) is 10.3 Å². The first-order valence-electron chi connectivity index (χ1n) is 5.60. The van der Waals surface area contributed by atoms with Crippen LogP contribution in [0, 0.1) is 11.3 Å². The van der Waals surface area contributed by atoms with E-state index in [1.807, 2.05) is 12.1 Å². The third-order valence-corrected chi connectivity index (χ3v) is 2.69. The van der Waals surface area contributed by atoms with Gasteiger partial charge in [0.25, 0.3) is 0 Å². The van der Waals surface area contributed by atoms with Gasteiger partial charge in [-0.05, 0) is 31.4 Å². The van der Waals surface area contributed by atoms with Gasteiger partial charge in [-0.25, -0.2) is 4.98 Å². The molecule has 2 heterocycles. The monoisotopic (exact) mass is 217 g/mol. The number of nitrogens with zero attached hydrogens (tertiary/aromatic N) is 2. The summed E-state index contributed by atoms with van der Waals surface area (Å²) in [5, 5.41) is 11.9. The van der Waals surface area contributed by atoms with Gasteiger partial charge in [0, 0.05) is 13.2 Å². The quantitative estimate of drug-likeness (QED) is 0.840. The maximum atomic E-state index is 8.61. The Bertz CT molecular complexity index is 363. The molecule has 0 amide bonds. The number of nitriles is 1. The van der Waals surface area contributed by atoms with Crippen LogP contribution in [0.1, 0.15) is 25.0 Å². The van der Waals surface area contributed by atoms with Gasteiger partial charge in [-0.3, -0.25) is 0 Å². The van der Waals surface area contributed by atoms with E-state index in [0.717, 1.165) is 25.3 Å². The number of hydrogen-bond acceptors (Lipinski definition) is 4. The molecule has 4 nitrogen and oxygen atoms in total. The van der Waals surface area contributed by atoms with E-state index in [1.54, 1.807) is 12.3 Å². The lowest BCUT2D eigenvalue weighted by molar-refractivity contribution is 0.0247. The average Bonchev–Trinajstić information content (AvgIpc) is 2.38. The molecule has 84 valence electrons. The topological polar surface area (TPSA) is 57.9 Å². The summed E-state index contributed by atoms with van der Waals surface area (Å²) in [6, 6.07) is 5.58. The Morgan fingerprint density at radius 3 is 3.06 bits per heavy atom. The molecule has 0 aromatic carbocycles. The van der Waals surface area contributed by atoms with E-state index in [9.17, 15) is 0 Å². The number of hydrogen-bond donors (Lipinski definition) is 1. The van der Waals surface area contributed by atoms with E-state index in [4.69, 9.17) is 10.00 Å². The van der Waals surface area contributed by atoms with Crippen molar-refractivity contribution in [3.63, 3.8) is 0 Å². The minimum absolute atomic E-state index is 0.310. The molecule has 16 heavy (non-hydrogen) atoms. The van der Waals surface area contributed by atoms with E-state index in [-0.39, 0.29) is 0 Å². The van der Waals surface area contributed by atoms with Crippen molar-refractivity contribution in [2.45, 2.75) is 25.4 Å². The molecule has 1 aromatic rings. The third kappa shape index (κ3) is 2.94. The van der Waals surface area contributed by atoms with Gasteiger partial charge < -0.3 is 10.1 Å². The second kappa shape index (κ2) is 5.47. The summed E-state index contributed by atoms with van der Waals surface area (Å²) in [4.78, 5) is 4.00. The molecule has 1 atom stereocenters. The highest BCUT2D eigenvalue weighted by molar-refractivity contribution is 5.42. The van der Waals surface area contributed by atoms with Crippen molar-refractivity contribution < 1.29 is 4.74 Å². The predicted molar refractivity (Wildman–Crippen MR) is 61.0 cm³/mol. The van der Waals surface area contributed by atoms with E-state index >= 15 is 0 Å². The summed E-state index contributed by atoms with van der Waals surface area (Å²) in [5.74, 6) is 0. The molecule has 1 fully saturated rings. The van der Waals surface area contributed by atoms with Gasteiger partial charge in [0.15, 0.2) is 0 Å². The van der Waals surface area contributed by atoms with Crippen molar-refractivity contribution in [3.05, 3.63) is 24.0 Å². The van der Waals surface area contributed by atoms with Crippen LogP contribution in [0.25, 0.3) is 0 Å². The van der Waals surface area contributed by atoms with Gasteiger partial charge in [0.05, 0.1) is 18.0 Å². The molecule has 1 unspecified atom stereocenters. The number of aromatic nitrogens is 1. The molecule has 1 aliphatic rings. The molecule has 0 aliphatic carbocycles. The highest BCUT2D eigenvalue weighted by Crippen LogP contribution is 2.13. The Labute approximate surface area is 95.3 Å². The number of anilines is 1. The summed E-state index contributed by atoms with van der Waals surface area (Å²) >= 11 is 0. The van der Waals surface area contributed by atoms with Crippen molar-refractivity contribution in [2.75, 3.05) is 18.5 Å². The largest absolute Gasteiger partial charge is 0.381 e. The van der Waals surface area contributed by atoms with Crippen LogP contribution in [0.15, 0.2) is 18.3 Å². The van der Waals surface area contributed by atoms with Crippen LogP contribution in [0.2, 0.25) is 0 Å². The lowest BCUT2D eigenvalue weighted by atomic mass is 10.1. The molecule has 0 saturated carbocycles. The first-order valence-corrected chi connectivity index (χ1v) is 5.60. The smallest absolute Gasteiger partial charge is 0.140 e. The first kappa shape index (κ1) is 10.9. The lowest BCUT2D eigenvalue weighted by Gasteiger charge is -2.23. The van der Waals surface area contributed by atoms with Crippen LogP contribution in [-0.4, -0.2) is 24.2 Å². The second-order valence-corrected chi connectivity index (χ2v) is 3.91. The number of pyridine rings is 1. The van der Waals surface area contributed by atoms with Crippen molar-refractivity contribution in [2.24, 2.45) is 0 Å². The van der Waals surface area contributed by atoms with Crippen LogP contribution >= 0.6 is 0 Å². The van der Waals surface area contributed by atoms with Crippen LogP contribution in [0.3, 0.4) is 0 Å². The number of ether oxygens (including phenoxy) is 1. The van der Waals surface area contributed by atoms with Crippen molar-refractivity contribution in [1.29, 1.82) is 5.26 Å². The fourth-order valence-electron chi connectivity index (χ4n) is 1.76. The maximum Gasteiger partial charge on any atom is 0.140 e. The van der Waals surface area contributed by atoms with Crippen LogP contribution in [-0.2, 0) is 4.74 Å². The molecule has 4 heteroatoms. The molecule has 0 radical (unpaired) electrons. The predicted octanol–water partition coefficient (Wildman–Crippen LogP) is 1.93. The van der Waals surface area contributed by atoms with Gasteiger partial charge in [-0.15, -0.1) is 0 Å². The molecule has 1 aromatic heterocycles. The fourth-order valence-corrected chi connectivity index (χ4v) is 1.76. The van der Waals surface area contributed by atoms with E-state index in [0.29, 0.717) is 11.8 Å². The Morgan fingerprint density at radius 2 is 2.44 bits per heavy atom. The zero-order valence-corrected chi connectivity index (χ0v) is 9.15. The van der Waals surface area contributed by atoms with Gasteiger partial charge in [0.1, 0.15) is 11.8 Å². The van der Waals surface area contributed by atoms with Crippen molar-refractivity contribution in [3.8, 4) is 6.07 Å². The van der Waals surface area contributed by atoms with Gasteiger partial charge in [-0.1, -0.05) is 0 Å². The Hall–Kier alpha value is -1.60. The summed E-state index contributed by atoms with van der Waals surface area (Å²) in [6.45, 7) is 1.69. The van der Waals surface area contributed by atoms with E-state index < -0.39 is 0 Å². The Kier molecular flexibility index (Phi) is 3.73. The molecule has 2 rings (SSSR count). The summed E-state index contributed by atoms with van der Waals surface area (Å²) in [7, 11) is 0. The Morgan fingerprint density at radius 1 is 1.50 bits per heavy atom. The second-order valence-electron chi connectivity index (χ2n) is 3.91. The molecule has 0 spiro atoms. The van der Waals surface area contributed by atoms with Gasteiger partial charge in [0.2, 0.25) is 0 Å². The fraction of sp³-hybridized carbons (Fsp3) is 0.500. The highest BCUT2D eigenvalue weighted by Gasteiger charge is 2.12. The summed E-state index contributed by atoms with van der Waals surface area (Å²) < 4.78 is 5.61. The minimum atomic E-state index is 0.310. The van der Waals surface area contributed by atoms with Crippen molar-refractivity contribution in [1.82, 2.24) is 4.98 Å². The minimum Gasteiger partial charge on any atom is -0.381 e. The van der Waals surface area contributed by atoms with Crippen LogP contribution in [0.5, 0.6) is 0 Å². The van der Waals surface area contributed by atoms with Crippen molar-refractivity contribution >= 4 is 5.69 Å². The molecule has 1 saturated heterocycles. The summed E-state index contributed by atoms with van der Waals surface area (Å²) in [6.07, 6.45) is 5.54. The highest BCUT2D eigenvalue weighted by atomic mass is 16.5. The molecule has 1 N–H and O–H groups in total. The number of nitrogens with one attached hydrogen (secondary N) is 1. The van der Waals surface area contributed by atoms with Crippen LogP contribution < -0.4 is 5.32 Å². The summed E-state index contributed by atoms with van der Waals surface area (Å²) in [5.41, 5.74) is 1.38. The molecular weight excluding hydrogens is 202 g/mol. The molecular formula is C12H15N3O. The average molecular weight is 217 g/mol.